The predicted molar refractivity (Wildman–Crippen MR) is 121 cm³/mol. The molecule has 30 heavy (non-hydrogen) atoms. The number of amides is 1. The molecule has 3 aromatic carbocycles. The molecule has 3 rings (SSSR count). The molecule has 0 unspecified atom stereocenters. The fourth-order valence-corrected chi connectivity index (χ4v) is 4.72. The van der Waals surface area contributed by atoms with E-state index in [1.165, 1.54) is 0 Å². The predicted octanol–water partition coefficient (Wildman–Crippen LogP) is 4.06. The van der Waals surface area contributed by atoms with Crippen molar-refractivity contribution in [1.29, 1.82) is 0 Å². The third-order valence-electron chi connectivity index (χ3n) is 5.02. The van der Waals surface area contributed by atoms with Crippen molar-refractivity contribution in [3.63, 3.8) is 0 Å². The SMILES string of the molecule is Cc1ccccc1[C@@H](NC(=O)[C@@H](C)N(c1ccccc1)S(C)(=O)=O)c1ccccc1. The summed E-state index contributed by atoms with van der Waals surface area (Å²) in [7, 11) is -3.66. The number of nitrogens with zero attached hydrogens (tertiary/aromatic N) is 1. The summed E-state index contributed by atoms with van der Waals surface area (Å²) in [5.41, 5.74) is 3.39. The van der Waals surface area contributed by atoms with Gasteiger partial charge in [0.15, 0.2) is 0 Å². The van der Waals surface area contributed by atoms with Crippen molar-refractivity contribution >= 4 is 21.6 Å². The van der Waals surface area contributed by atoms with Crippen LogP contribution in [0.15, 0.2) is 84.9 Å². The van der Waals surface area contributed by atoms with Crippen LogP contribution in [0.5, 0.6) is 0 Å². The highest BCUT2D eigenvalue weighted by molar-refractivity contribution is 7.92. The maximum absolute atomic E-state index is 13.3. The summed E-state index contributed by atoms with van der Waals surface area (Å²) < 4.78 is 26.2. The van der Waals surface area contributed by atoms with Crippen molar-refractivity contribution in [1.82, 2.24) is 5.32 Å². The molecule has 156 valence electrons. The molecule has 0 fully saturated rings. The number of rotatable bonds is 7. The van der Waals surface area contributed by atoms with Crippen molar-refractivity contribution in [3.05, 3.63) is 102 Å². The minimum absolute atomic E-state index is 0.374. The molecule has 5 nitrogen and oxygen atoms in total. The highest BCUT2D eigenvalue weighted by Crippen LogP contribution is 2.26. The molecule has 1 amide bonds. The zero-order chi connectivity index (χ0) is 21.7. The van der Waals surface area contributed by atoms with Crippen LogP contribution in [0.1, 0.15) is 29.7 Å². The van der Waals surface area contributed by atoms with Gasteiger partial charge in [0.2, 0.25) is 15.9 Å². The summed E-state index contributed by atoms with van der Waals surface area (Å²) in [5.74, 6) is -0.374. The van der Waals surface area contributed by atoms with Crippen LogP contribution < -0.4 is 9.62 Å². The van der Waals surface area contributed by atoms with Crippen molar-refractivity contribution in [2.24, 2.45) is 0 Å². The van der Waals surface area contributed by atoms with E-state index in [-0.39, 0.29) is 11.9 Å². The summed E-state index contributed by atoms with van der Waals surface area (Å²) in [4.78, 5) is 13.3. The molecule has 0 aliphatic heterocycles. The number of nitrogens with one attached hydrogen (secondary N) is 1. The number of carbonyl (C=O) groups excluding carboxylic acids is 1. The molecule has 0 saturated heterocycles. The lowest BCUT2D eigenvalue weighted by molar-refractivity contribution is -0.122. The van der Waals surface area contributed by atoms with Crippen molar-refractivity contribution in [2.45, 2.75) is 25.9 Å². The van der Waals surface area contributed by atoms with Gasteiger partial charge in [0.25, 0.3) is 0 Å². The first-order valence-corrected chi connectivity index (χ1v) is 11.6. The molecule has 0 aliphatic carbocycles. The van der Waals surface area contributed by atoms with E-state index in [1.54, 1.807) is 37.3 Å². The lowest BCUT2D eigenvalue weighted by atomic mass is 9.94. The third kappa shape index (κ3) is 4.89. The van der Waals surface area contributed by atoms with Crippen LogP contribution in [-0.4, -0.2) is 26.6 Å². The topological polar surface area (TPSA) is 66.5 Å². The molecule has 0 bridgehead atoms. The highest BCUT2D eigenvalue weighted by atomic mass is 32.2. The third-order valence-corrected chi connectivity index (χ3v) is 6.26. The molecule has 0 heterocycles. The minimum Gasteiger partial charge on any atom is -0.343 e. The van der Waals surface area contributed by atoms with Crippen LogP contribution in [0.3, 0.4) is 0 Å². The zero-order valence-corrected chi connectivity index (χ0v) is 18.1. The highest BCUT2D eigenvalue weighted by Gasteiger charge is 2.31. The number of para-hydroxylation sites is 1. The second-order valence-electron chi connectivity index (χ2n) is 7.28. The zero-order valence-electron chi connectivity index (χ0n) is 17.3. The number of aryl methyl sites for hydroxylation is 1. The van der Waals surface area contributed by atoms with Crippen molar-refractivity contribution < 1.29 is 13.2 Å². The summed E-state index contributed by atoms with van der Waals surface area (Å²) in [6.45, 7) is 3.59. The van der Waals surface area contributed by atoms with Gasteiger partial charge in [0.05, 0.1) is 18.0 Å². The molecule has 6 heteroatoms. The molecule has 0 spiro atoms. The lowest BCUT2D eigenvalue weighted by Gasteiger charge is -2.30. The number of anilines is 1. The van der Waals surface area contributed by atoms with E-state index in [4.69, 9.17) is 0 Å². The Hall–Kier alpha value is -3.12. The standard InChI is InChI=1S/C24H26N2O3S/c1-18-12-10-11-17-22(18)23(20-13-6-4-7-14-20)25-24(27)19(2)26(30(3,28)29)21-15-8-5-9-16-21/h4-17,19,23H,1-3H3,(H,25,27)/t19-,23+/m1/s1. The average Bonchev–Trinajstić information content (AvgIpc) is 2.73. The van der Waals surface area contributed by atoms with Gasteiger partial charge < -0.3 is 5.32 Å². The van der Waals surface area contributed by atoms with Crippen LogP contribution in [0.4, 0.5) is 5.69 Å². The Morgan fingerprint density at radius 2 is 1.40 bits per heavy atom. The van der Waals surface area contributed by atoms with Gasteiger partial charge in [-0.15, -0.1) is 0 Å². The molecule has 3 aromatic rings. The van der Waals surface area contributed by atoms with Gasteiger partial charge in [-0.2, -0.15) is 0 Å². The lowest BCUT2D eigenvalue weighted by Crippen LogP contribution is -2.48. The Morgan fingerprint density at radius 3 is 1.97 bits per heavy atom. The van der Waals surface area contributed by atoms with Gasteiger partial charge in [-0.05, 0) is 42.7 Å². The minimum atomic E-state index is -3.66. The maximum Gasteiger partial charge on any atom is 0.244 e. The van der Waals surface area contributed by atoms with Crippen LogP contribution >= 0.6 is 0 Å². The number of hydrogen-bond acceptors (Lipinski definition) is 3. The quantitative estimate of drug-likeness (QED) is 0.625. The van der Waals surface area contributed by atoms with E-state index in [1.807, 2.05) is 61.5 Å². The summed E-state index contributed by atoms with van der Waals surface area (Å²) in [6.07, 6.45) is 1.11. The van der Waals surface area contributed by atoms with E-state index in [9.17, 15) is 13.2 Å². The smallest absolute Gasteiger partial charge is 0.244 e. The molecule has 2 atom stereocenters. The van der Waals surface area contributed by atoms with Crippen LogP contribution in [-0.2, 0) is 14.8 Å². The Balaban J connectivity index is 1.96. The number of hydrogen-bond donors (Lipinski definition) is 1. The van der Waals surface area contributed by atoms with E-state index >= 15 is 0 Å². The van der Waals surface area contributed by atoms with Crippen molar-refractivity contribution in [2.75, 3.05) is 10.6 Å². The van der Waals surface area contributed by atoms with Gasteiger partial charge in [-0.1, -0.05) is 72.8 Å². The van der Waals surface area contributed by atoms with Crippen molar-refractivity contribution in [3.8, 4) is 0 Å². The molecule has 0 radical (unpaired) electrons. The summed E-state index contributed by atoms with van der Waals surface area (Å²) >= 11 is 0. The van der Waals surface area contributed by atoms with Gasteiger partial charge in [0, 0.05) is 0 Å². The fourth-order valence-electron chi connectivity index (χ4n) is 3.54. The molecule has 0 saturated carbocycles. The first-order valence-electron chi connectivity index (χ1n) is 9.74. The second-order valence-corrected chi connectivity index (χ2v) is 9.14. The van der Waals surface area contributed by atoms with Gasteiger partial charge in [-0.25, -0.2) is 8.42 Å². The summed E-state index contributed by atoms with van der Waals surface area (Å²) in [6, 6.07) is 24.9. The Labute approximate surface area is 178 Å². The Bertz CT molecular complexity index is 1100. The molecule has 0 aliphatic rings. The van der Waals surface area contributed by atoms with E-state index in [0.717, 1.165) is 27.3 Å². The second kappa shape index (κ2) is 9.13. The maximum atomic E-state index is 13.3. The van der Waals surface area contributed by atoms with Gasteiger partial charge >= 0.3 is 0 Å². The Morgan fingerprint density at radius 1 is 0.867 bits per heavy atom. The number of sulfonamides is 1. The monoisotopic (exact) mass is 422 g/mol. The van der Waals surface area contributed by atoms with Gasteiger partial charge in [-0.3, -0.25) is 9.10 Å². The van der Waals surface area contributed by atoms with E-state index in [0.29, 0.717) is 5.69 Å². The first-order chi connectivity index (χ1) is 14.3. The van der Waals surface area contributed by atoms with Gasteiger partial charge in [0.1, 0.15) is 6.04 Å². The molecular formula is C24H26N2O3S. The Kier molecular flexibility index (Phi) is 6.57. The largest absolute Gasteiger partial charge is 0.343 e. The van der Waals surface area contributed by atoms with E-state index in [2.05, 4.69) is 5.32 Å². The average molecular weight is 423 g/mol. The summed E-state index contributed by atoms with van der Waals surface area (Å²) in [5, 5.41) is 3.07. The normalized spacial score (nSPS) is 13.3. The van der Waals surface area contributed by atoms with Crippen LogP contribution in [0.2, 0.25) is 0 Å². The number of benzene rings is 3. The molecule has 0 aromatic heterocycles. The number of carbonyl (C=O) groups is 1. The van der Waals surface area contributed by atoms with Crippen LogP contribution in [0.25, 0.3) is 0 Å². The van der Waals surface area contributed by atoms with Crippen LogP contribution in [0, 0.1) is 6.92 Å². The fraction of sp³-hybridized carbons (Fsp3) is 0.208. The first kappa shape index (κ1) is 21.6. The van der Waals surface area contributed by atoms with E-state index < -0.39 is 16.1 Å². The molecule has 1 N–H and O–H groups in total. The molecular weight excluding hydrogens is 396 g/mol.